The second-order valence-corrected chi connectivity index (χ2v) is 4.56. The van der Waals surface area contributed by atoms with Crippen LogP contribution >= 0.6 is 23.2 Å². The van der Waals surface area contributed by atoms with Gasteiger partial charge in [0.05, 0.1) is 7.11 Å². The average Bonchev–Trinajstić information content (AvgIpc) is 2.42. The van der Waals surface area contributed by atoms with E-state index in [9.17, 15) is 0 Å². The van der Waals surface area contributed by atoms with Gasteiger partial charge in [-0.25, -0.2) is 0 Å². The Morgan fingerprint density at radius 2 is 1.95 bits per heavy atom. The smallest absolute Gasteiger partial charge is 0.245 e. The van der Waals surface area contributed by atoms with Crippen molar-refractivity contribution in [2.75, 3.05) is 19.1 Å². The number of nitrogens with zero attached hydrogens (tertiary/aromatic N) is 4. The Labute approximate surface area is 121 Å². The summed E-state index contributed by atoms with van der Waals surface area (Å²) in [5.74, 6) is 1.28. The fraction of sp³-hybridized carbons (Fsp3) is 0.250. The van der Waals surface area contributed by atoms with E-state index in [0.717, 1.165) is 11.3 Å². The highest BCUT2D eigenvalue weighted by atomic mass is 35.5. The Balaban J connectivity index is 2.25. The quantitative estimate of drug-likeness (QED) is 0.869. The van der Waals surface area contributed by atoms with Crippen molar-refractivity contribution in [3.05, 3.63) is 40.3 Å². The Morgan fingerprint density at radius 3 is 2.68 bits per heavy atom. The first-order valence-corrected chi connectivity index (χ1v) is 6.26. The first kappa shape index (κ1) is 13.8. The number of methoxy groups -OCH3 is 1. The minimum Gasteiger partial charge on any atom is -0.496 e. The van der Waals surface area contributed by atoms with Crippen molar-refractivity contribution in [3.63, 3.8) is 0 Å². The lowest BCUT2D eigenvalue weighted by molar-refractivity contribution is 0.409. The van der Waals surface area contributed by atoms with E-state index in [-0.39, 0.29) is 10.4 Å². The maximum Gasteiger partial charge on any atom is 0.245 e. The third kappa shape index (κ3) is 3.24. The summed E-state index contributed by atoms with van der Waals surface area (Å²) in [7, 11) is 3.48. The molecule has 1 aromatic heterocycles. The summed E-state index contributed by atoms with van der Waals surface area (Å²) in [6.07, 6.45) is 0. The topological polar surface area (TPSA) is 51.1 Å². The molecule has 0 aliphatic rings. The minimum absolute atomic E-state index is 0.0614. The van der Waals surface area contributed by atoms with Gasteiger partial charge in [-0.05, 0) is 17.7 Å². The third-order valence-corrected chi connectivity index (χ3v) is 2.97. The van der Waals surface area contributed by atoms with Gasteiger partial charge in [0.15, 0.2) is 11.0 Å². The average molecular weight is 299 g/mol. The second kappa shape index (κ2) is 6.04. The van der Waals surface area contributed by atoms with E-state index in [4.69, 9.17) is 27.9 Å². The molecule has 0 spiro atoms. The Hall–Kier alpha value is -1.59. The van der Waals surface area contributed by atoms with Gasteiger partial charge in [-0.2, -0.15) is 4.98 Å². The van der Waals surface area contributed by atoms with Crippen LogP contribution in [0.15, 0.2) is 24.3 Å². The van der Waals surface area contributed by atoms with Crippen LogP contribution in [0.3, 0.4) is 0 Å². The first-order chi connectivity index (χ1) is 9.11. The highest BCUT2D eigenvalue weighted by Gasteiger charge is 2.13. The summed E-state index contributed by atoms with van der Waals surface area (Å²) in [6.45, 7) is 0.568. The number of rotatable bonds is 4. The van der Waals surface area contributed by atoms with E-state index in [1.807, 2.05) is 36.2 Å². The monoisotopic (exact) mass is 298 g/mol. The Kier molecular flexibility index (Phi) is 4.39. The molecule has 1 aromatic carbocycles. The third-order valence-electron chi connectivity index (χ3n) is 2.56. The molecule has 0 unspecified atom stereocenters. The van der Waals surface area contributed by atoms with E-state index < -0.39 is 0 Å². The molecule has 0 atom stereocenters. The molecule has 0 aliphatic carbocycles. The highest BCUT2D eigenvalue weighted by Crippen LogP contribution is 2.25. The van der Waals surface area contributed by atoms with Crippen LogP contribution in [0, 0.1) is 0 Å². The molecule has 0 saturated carbocycles. The fourth-order valence-electron chi connectivity index (χ4n) is 1.69. The largest absolute Gasteiger partial charge is 0.496 e. The lowest BCUT2D eigenvalue weighted by Gasteiger charge is -2.19. The summed E-state index contributed by atoms with van der Waals surface area (Å²) in [5, 5.41) is 7.59. The van der Waals surface area contributed by atoms with Gasteiger partial charge in [0.2, 0.25) is 5.28 Å². The molecule has 1 heterocycles. The Bertz CT molecular complexity index is 579. The SMILES string of the molecule is COc1ccccc1CN(C)c1nc(Cl)nnc1Cl. The molecule has 5 nitrogen and oxygen atoms in total. The molecular formula is C12H12Cl2N4O. The predicted octanol–water partition coefficient (Wildman–Crippen LogP) is 2.82. The van der Waals surface area contributed by atoms with Crippen molar-refractivity contribution >= 4 is 29.0 Å². The molecule has 0 fully saturated rings. The number of aromatic nitrogens is 3. The van der Waals surface area contributed by atoms with Gasteiger partial charge in [0.25, 0.3) is 0 Å². The number of anilines is 1. The molecule has 2 rings (SSSR count). The van der Waals surface area contributed by atoms with Crippen LogP contribution < -0.4 is 9.64 Å². The molecule has 2 aromatic rings. The van der Waals surface area contributed by atoms with Crippen molar-refractivity contribution in [1.29, 1.82) is 0 Å². The molecule has 7 heteroatoms. The highest BCUT2D eigenvalue weighted by molar-refractivity contribution is 6.32. The van der Waals surface area contributed by atoms with E-state index in [0.29, 0.717) is 12.4 Å². The van der Waals surface area contributed by atoms with Gasteiger partial charge in [-0.3, -0.25) is 0 Å². The summed E-state index contributed by atoms with van der Waals surface area (Å²) < 4.78 is 5.30. The van der Waals surface area contributed by atoms with Gasteiger partial charge in [-0.1, -0.05) is 29.8 Å². The summed E-state index contributed by atoms with van der Waals surface area (Å²) >= 11 is 11.7. The van der Waals surface area contributed by atoms with Crippen molar-refractivity contribution in [1.82, 2.24) is 15.2 Å². The van der Waals surface area contributed by atoms with E-state index in [2.05, 4.69) is 15.2 Å². The fourth-order valence-corrected chi connectivity index (χ4v) is 2.03. The predicted molar refractivity (Wildman–Crippen MR) is 74.9 cm³/mol. The van der Waals surface area contributed by atoms with Gasteiger partial charge in [0.1, 0.15) is 5.75 Å². The number of ether oxygens (including phenoxy) is 1. The first-order valence-electron chi connectivity index (χ1n) is 5.50. The summed E-state index contributed by atoms with van der Waals surface area (Å²) in [6, 6.07) is 7.73. The van der Waals surface area contributed by atoms with Crippen LogP contribution in [0.25, 0.3) is 0 Å². The van der Waals surface area contributed by atoms with Crippen LogP contribution in [0.2, 0.25) is 10.4 Å². The maximum absolute atomic E-state index is 5.96. The molecule has 0 aliphatic heterocycles. The molecule has 19 heavy (non-hydrogen) atoms. The number of halogens is 2. The molecule has 0 N–H and O–H groups in total. The van der Waals surface area contributed by atoms with Gasteiger partial charge in [-0.15, -0.1) is 10.2 Å². The number of hydrogen-bond donors (Lipinski definition) is 0. The Morgan fingerprint density at radius 1 is 1.21 bits per heavy atom. The van der Waals surface area contributed by atoms with E-state index in [1.54, 1.807) is 7.11 Å². The van der Waals surface area contributed by atoms with Crippen LogP contribution in [-0.2, 0) is 6.54 Å². The van der Waals surface area contributed by atoms with E-state index in [1.165, 1.54) is 0 Å². The van der Waals surface area contributed by atoms with Crippen LogP contribution in [0.5, 0.6) is 5.75 Å². The molecule has 0 bridgehead atoms. The molecule has 0 radical (unpaired) electrons. The lowest BCUT2D eigenvalue weighted by Crippen LogP contribution is -2.19. The number of para-hydroxylation sites is 1. The van der Waals surface area contributed by atoms with E-state index >= 15 is 0 Å². The zero-order valence-electron chi connectivity index (χ0n) is 10.5. The second-order valence-electron chi connectivity index (χ2n) is 3.86. The van der Waals surface area contributed by atoms with Crippen molar-refractivity contribution in [3.8, 4) is 5.75 Å². The molecular weight excluding hydrogens is 287 g/mol. The number of hydrogen-bond acceptors (Lipinski definition) is 5. The summed E-state index contributed by atoms with van der Waals surface area (Å²) in [5.41, 5.74) is 1.01. The van der Waals surface area contributed by atoms with Gasteiger partial charge >= 0.3 is 0 Å². The normalized spacial score (nSPS) is 10.3. The van der Waals surface area contributed by atoms with Crippen molar-refractivity contribution < 1.29 is 4.74 Å². The van der Waals surface area contributed by atoms with Crippen molar-refractivity contribution in [2.45, 2.75) is 6.54 Å². The molecule has 0 saturated heterocycles. The molecule has 100 valence electrons. The maximum atomic E-state index is 5.96. The number of benzene rings is 1. The van der Waals surface area contributed by atoms with Crippen LogP contribution in [0.1, 0.15) is 5.56 Å². The minimum atomic E-state index is 0.0614. The molecule has 0 amide bonds. The van der Waals surface area contributed by atoms with Crippen LogP contribution in [0.4, 0.5) is 5.82 Å². The zero-order valence-corrected chi connectivity index (χ0v) is 12.0. The zero-order chi connectivity index (χ0) is 13.8. The lowest BCUT2D eigenvalue weighted by atomic mass is 10.2. The van der Waals surface area contributed by atoms with Crippen molar-refractivity contribution in [2.24, 2.45) is 0 Å². The van der Waals surface area contributed by atoms with Crippen LogP contribution in [-0.4, -0.2) is 29.3 Å². The summed E-state index contributed by atoms with van der Waals surface area (Å²) in [4.78, 5) is 5.90. The van der Waals surface area contributed by atoms with Gasteiger partial charge in [0, 0.05) is 19.2 Å². The van der Waals surface area contributed by atoms with Gasteiger partial charge < -0.3 is 9.64 Å². The standard InChI is InChI=1S/C12H12Cl2N4O/c1-18(11-10(13)16-17-12(14)15-11)7-8-5-3-4-6-9(8)19-2/h3-6H,7H2,1-2H3.